The molecule has 0 saturated carbocycles. The molecule has 6 heteroatoms. The van der Waals surface area contributed by atoms with Crippen LogP contribution in [0, 0.1) is 0 Å². The van der Waals surface area contributed by atoms with Crippen LogP contribution in [0.3, 0.4) is 0 Å². The number of benzene rings is 2. The molecule has 0 saturated heterocycles. The lowest BCUT2D eigenvalue weighted by atomic mass is 10.1. The van der Waals surface area contributed by atoms with E-state index in [1.54, 1.807) is 56.7 Å². The van der Waals surface area contributed by atoms with Gasteiger partial charge in [0, 0.05) is 17.6 Å². The van der Waals surface area contributed by atoms with Crippen molar-refractivity contribution >= 4 is 11.9 Å². The van der Waals surface area contributed by atoms with E-state index in [0.29, 0.717) is 29.4 Å². The van der Waals surface area contributed by atoms with Gasteiger partial charge in [-0.25, -0.2) is 0 Å². The van der Waals surface area contributed by atoms with E-state index in [-0.39, 0.29) is 17.9 Å². The summed E-state index contributed by atoms with van der Waals surface area (Å²) >= 11 is 0. The number of aliphatic hydroxyl groups is 1. The Hall–Kier alpha value is -2.83. The standard InChI is InChI=1S/C24H31NO5/c1-24(2,3)25-15-19(26)16-30-20-10-8-18(9-11-20)21(27)12-6-17-7-13-22(28-4)23(14-17)29-5/h6-14,19,25-26H,15-16H2,1-5H3/b12-6+. The highest BCUT2D eigenvalue weighted by molar-refractivity contribution is 6.06. The summed E-state index contributed by atoms with van der Waals surface area (Å²) in [5.41, 5.74) is 1.32. The number of aliphatic hydroxyl groups excluding tert-OH is 1. The van der Waals surface area contributed by atoms with Gasteiger partial charge in [-0.05, 0) is 68.8 Å². The summed E-state index contributed by atoms with van der Waals surface area (Å²) in [6, 6.07) is 12.3. The van der Waals surface area contributed by atoms with E-state index >= 15 is 0 Å². The van der Waals surface area contributed by atoms with Crippen molar-refractivity contribution in [3.05, 3.63) is 59.7 Å². The molecule has 0 radical (unpaired) electrons. The number of carbonyl (C=O) groups is 1. The second-order valence-corrected chi connectivity index (χ2v) is 7.93. The van der Waals surface area contributed by atoms with Crippen molar-refractivity contribution in [1.82, 2.24) is 5.32 Å². The zero-order chi connectivity index (χ0) is 22.1. The van der Waals surface area contributed by atoms with Crippen molar-refractivity contribution in [2.75, 3.05) is 27.4 Å². The number of nitrogens with one attached hydrogen (secondary N) is 1. The van der Waals surface area contributed by atoms with Crippen molar-refractivity contribution in [2.24, 2.45) is 0 Å². The molecule has 2 N–H and O–H groups in total. The van der Waals surface area contributed by atoms with Crippen LogP contribution in [0.15, 0.2) is 48.5 Å². The highest BCUT2D eigenvalue weighted by Crippen LogP contribution is 2.28. The van der Waals surface area contributed by atoms with Crippen molar-refractivity contribution in [2.45, 2.75) is 32.4 Å². The maximum absolute atomic E-state index is 12.4. The molecule has 30 heavy (non-hydrogen) atoms. The van der Waals surface area contributed by atoms with E-state index in [1.807, 2.05) is 26.8 Å². The zero-order valence-electron chi connectivity index (χ0n) is 18.3. The normalized spacial score (nSPS) is 12.6. The van der Waals surface area contributed by atoms with E-state index in [4.69, 9.17) is 14.2 Å². The summed E-state index contributed by atoms with van der Waals surface area (Å²) < 4.78 is 16.1. The van der Waals surface area contributed by atoms with Crippen LogP contribution in [0.1, 0.15) is 36.7 Å². The van der Waals surface area contributed by atoms with Gasteiger partial charge in [0.2, 0.25) is 0 Å². The number of hydrogen-bond acceptors (Lipinski definition) is 6. The summed E-state index contributed by atoms with van der Waals surface area (Å²) in [7, 11) is 3.15. The number of carbonyl (C=O) groups excluding carboxylic acids is 1. The molecule has 0 spiro atoms. The van der Waals surface area contributed by atoms with E-state index in [2.05, 4.69) is 5.32 Å². The maximum atomic E-state index is 12.4. The third-order valence-corrected chi connectivity index (χ3v) is 4.28. The number of allylic oxidation sites excluding steroid dienone is 1. The van der Waals surface area contributed by atoms with E-state index in [0.717, 1.165) is 5.56 Å². The highest BCUT2D eigenvalue weighted by atomic mass is 16.5. The van der Waals surface area contributed by atoms with Crippen LogP contribution in [0.5, 0.6) is 17.2 Å². The molecule has 1 atom stereocenters. The summed E-state index contributed by atoms with van der Waals surface area (Å²) in [5, 5.41) is 13.2. The Morgan fingerprint density at radius 2 is 1.73 bits per heavy atom. The number of rotatable bonds is 10. The first-order chi connectivity index (χ1) is 14.2. The minimum atomic E-state index is -0.616. The molecule has 1 unspecified atom stereocenters. The second kappa shape index (κ2) is 10.8. The molecule has 0 bridgehead atoms. The van der Waals surface area contributed by atoms with Gasteiger partial charge in [0.25, 0.3) is 0 Å². The first-order valence-corrected chi connectivity index (χ1v) is 9.82. The molecule has 0 fully saturated rings. The molecular formula is C24H31NO5. The average molecular weight is 414 g/mol. The molecule has 2 aromatic carbocycles. The van der Waals surface area contributed by atoms with Crippen LogP contribution in [0.25, 0.3) is 6.08 Å². The van der Waals surface area contributed by atoms with Crippen LogP contribution in [0.2, 0.25) is 0 Å². The Labute approximate surface area is 178 Å². The zero-order valence-corrected chi connectivity index (χ0v) is 18.3. The van der Waals surface area contributed by atoms with Crippen LogP contribution in [0.4, 0.5) is 0 Å². The fourth-order valence-corrected chi connectivity index (χ4v) is 2.62. The number of ketones is 1. The van der Waals surface area contributed by atoms with E-state index < -0.39 is 6.10 Å². The fourth-order valence-electron chi connectivity index (χ4n) is 2.62. The van der Waals surface area contributed by atoms with Gasteiger partial charge in [-0.15, -0.1) is 0 Å². The van der Waals surface area contributed by atoms with Gasteiger partial charge in [0.15, 0.2) is 17.3 Å². The molecule has 0 heterocycles. The van der Waals surface area contributed by atoms with Crippen LogP contribution < -0.4 is 19.5 Å². The van der Waals surface area contributed by atoms with Gasteiger partial charge >= 0.3 is 0 Å². The third kappa shape index (κ3) is 7.54. The first-order valence-electron chi connectivity index (χ1n) is 9.82. The van der Waals surface area contributed by atoms with Gasteiger partial charge in [0.05, 0.1) is 14.2 Å². The molecule has 0 aliphatic carbocycles. The minimum Gasteiger partial charge on any atom is -0.493 e. The third-order valence-electron chi connectivity index (χ3n) is 4.28. The van der Waals surface area contributed by atoms with Gasteiger partial charge < -0.3 is 24.6 Å². The lowest BCUT2D eigenvalue weighted by Crippen LogP contribution is -2.42. The summed E-state index contributed by atoms with van der Waals surface area (Å²) in [4.78, 5) is 12.4. The van der Waals surface area contributed by atoms with Gasteiger partial charge in [0.1, 0.15) is 18.5 Å². The summed E-state index contributed by atoms with van der Waals surface area (Å²) in [6.07, 6.45) is 2.63. The molecule has 0 aliphatic heterocycles. The van der Waals surface area contributed by atoms with E-state index in [9.17, 15) is 9.90 Å². The summed E-state index contributed by atoms with van der Waals surface area (Å²) in [6.45, 7) is 6.73. The Bertz CT molecular complexity index is 853. The lowest BCUT2D eigenvalue weighted by molar-refractivity contribution is 0.0999. The molecule has 2 aromatic rings. The minimum absolute atomic E-state index is 0.0620. The predicted octanol–water partition coefficient (Wildman–Crippen LogP) is 3.73. The van der Waals surface area contributed by atoms with Crippen molar-refractivity contribution in [3.8, 4) is 17.2 Å². The topological polar surface area (TPSA) is 77.0 Å². The lowest BCUT2D eigenvalue weighted by Gasteiger charge is -2.22. The van der Waals surface area contributed by atoms with Crippen molar-refractivity contribution in [3.63, 3.8) is 0 Å². The maximum Gasteiger partial charge on any atom is 0.185 e. The molecule has 6 nitrogen and oxygen atoms in total. The van der Waals surface area contributed by atoms with Crippen LogP contribution in [-0.4, -0.2) is 49.9 Å². The van der Waals surface area contributed by atoms with Crippen LogP contribution >= 0.6 is 0 Å². The highest BCUT2D eigenvalue weighted by Gasteiger charge is 2.12. The number of β-amino-alcohol motifs (C(OH)–C–C–N with tert-alkyl or cyclic N) is 1. The molecule has 2 rings (SSSR count). The molecule has 0 aromatic heterocycles. The number of ether oxygens (including phenoxy) is 3. The fraction of sp³-hybridized carbons (Fsp3) is 0.375. The quantitative estimate of drug-likeness (QED) is 0.457. The second-order valence-electron chi connectivity index (χ2n) is 7.93. The number of methoxy groups -OCH3 is 2. The van der Waals surface area contributed by atoms with E-state index in [1.165, 1.54) is 6.08 Å². The first kappa shape index (κ1) is 23.4. The van der Waals surface area contributed by atoms with Crippen molar-refractivity contribution in [1.29, 1.82) is 0 Å². The predicted molar refractivity (Wildman–Crippen MR) is 119 cm³/mol. The van der Waals surface area contributed by atoms with Gasteiger partial charge in [-0.1, -0.05) is 12.1 Å². The smallest absolute Gasteiger partial charge is 0.185 e. The van der Waals surface area contributed by atoms with Gasteiger partial charge in [-0.2, -0.15) is 0 Å². The largest absolute Gasteiger partial charge is 0.493 e. The molecule has 0 amide bonds. The SMILES string of the molecule is COc1ccc(/C=C/C(=O)c2ccc(OCC(O)CNC(C)(C)C)cc2)cc1OC. The Kier molecular flexibility index (Phi) is 8.45. The Balaban J connectivity index is 1.91. The summed E-state index contributed by atoms with van der Waals surface area (Å²) in [5.74, 6) is 1.72. The molecular weight excluding hydrogens is 382 g/mol. The average Bonchev–Trinajstić information content (AvgIpc) is 2.74. The monoisotopic (exact) mass is 413 g/mol. The molecule has 162 valence electrons. The van der Waals surface area contributed by atoms with Crippen LogP contribution in [-0.2, 0) is 0 Å². The number of hydrogen-bond donors (Lipinski definition) is 2. The van der Waals surface area contributed by atoms with Gasteiger partial charge in [-0.3, -0.25) is 4.79 Å². The Morgan fingerprint density at radius 1 is 1.07 bits per heavy atom. The van der Waals surface area contributed by atoms with Crippen molar-refractivity contribution < 1.29 is 24.1 Å². The Morgan fingerprint density at radius 3 is 2.33 bits per heavy atom. The molecule has 0 aliphatic rings.